The summed E-state index contributed by atoms with van der Waals surface area (Å²) in [6, 6.07) is 5.59. The lowest BCUT2D eigenvalue weighted by atomic mass is 10.1. The van der Waals surface area contributed by atoms with Crippen LogP contribution in [0.5, 0.6) is 0 Å². The van der Waals surface area contributed by atoms with Crippen LogP contribution >= 0.6 is 34.2 Å². The minimum Gasteiger partial charge on any atom is -0.383 e. The summed E-state index contributed by atoms with van der Waals surface area (Å²) in [6.45, 7) is 0.510. The van der Waals surface area contributed by atoms with E-state index in [2.05, 4.69) is 22.6 Å². The van der Waals surface area contributed by atoms with E-state index in [1.807, 2.05) is 18.2 Å². The van der Waals surface area contributed by atoms with Gasteiger partial charge in [-0.3, -0.25) is 0 Å². The molecule has 0 spiro atoms. The molecule has 1 unspecified atom stereocenters. The van der Waals surface area contributed by atoms with Crippen molar-refractivity contribution in [2.24, 2.45) is 5.73 Å². The molecule has 2 nitrogen and oxygen atoms in total. The molecule has 0 aliphatic rings. The lowest BCUT2D eigenvalue weighted by Crippen LogP contribution is -2.17. The molecule has 0 saturated heterocycles. The fourth-order valence-electron chi connectivity index (χ4n) is 1.07. The van der Waals surface area contributed by atoms with Crippen molar-refractivity contribution in [3.8, 4) is 0 Å². The Morgan fingerprint density at radius 3 is 2.92 bits per heavy atom. The Morgan fingerprint density at radius 1 is 1.62 bits per heavy atom. The third-order valence-electron chi connectivity index (χ3n) is 1.70. The molecule has 0 bridgehead atoms. The summed E-state index contributed by atoms with van der Waals surface area (Å²) in [7, 11) is 1.64. The molecule has 1 rings (SSSR count). The number of hydrogen-bond donors (Lipinski definition) is 1. The van der Waals surface area contributed by atoms with Crippen molar-refractivity contribution in [3.05, 3.63) is 32.4 Å². The second kappa shape index (κ2) is 5.14. The van der Waals surface area contributed by atoms with Crippen LogP contribution < -0.4 is 5.73 Å². The lowest BCUT2D eigenvalue weighted by Gasteiger charge is -2.12. The average Bonchev–Trinajstić information content (AvgIpc) is 2.09. The van der Waals surface area contributed by atoms with Gasteiger partial charge < -0.3 is 10.5 Å². The van der Waals surface area contributed by atoms with E-state index in [0.717, 1.165) is 9.13 Å². The van der Waals surface area contributed by atoms with Gasteiger partial charge >= 0.3 is 0 Å². The first-order valence-electron chi connectivity index (χ1n) is 3.84. The molecule has 1 aromatic carbocycles. The first-order valence-corrected chi connectivity index (χ1v) is 5.30. The maximum absolute atomic E-state index is 5.89. The van der Waals surface area contributed by atoms with Crippen LogP contribution in [0.4, 0.5) is 0 Å². The van der Waals surface area contributed by atoms with Gasteiger partial charge in [-0.2, -0.15) is 0 Å². The second-order valence-corrected chi connectivity index (χ2v) is 4.33. The molecule has 0 heterocycles. The Balaban J connectivity index is 2.91. The summed E-state index contributed by atoms with van der Waals surface area (Å²) in [6.07, 6.45) is 0. The number of hydrogen-bond acceptors (Lipinski definition) is 2. The summed E-state index contributed by atoms with van der Waals surface area (Å²) in [5.41, 5.74) is 6.92. The van der Waals surface area contributed by atoms with E-state index in [-0.39, 0.29) is 6.04 Å². The molecule has 2 N–H and O–H groups in total. The van der Waals surface area contributed by atoms with Crippen LogP contribution in [0.25, 0.3) is 0 Å². The van der Waals surface area contributed by atoms with Crippen molar-refractivity contribution < 1.29 is 4.74 Å². The highest BCUT2D eigenvalue weighted by atomic mass is 127. The molecular weight excluding hydrogens is 300 g/mol. The first kappa shape index (κ1) is 11.2. The van der Waals surface area contributed by atoms with Gasteiger partial charge in [0.15, 0.2) is 0 Å². The van der Waals surface area contributed by atoms with Gasteiger partial charge in [0.25, 0.3) is 0 Å². The Morgan fingerprint density at radius 2 is 2.31 bits per heavy atom. The molecule has 0 saturated carbocycles. The van der Waals surface area contributed by atoms with Gasteiger partial charge in [0.05, 0.1) is 12.6 Å². The highest BCUT2D eigenvalue weighted by Crippen LogP contribution is 2.22. The van der Waals surface area contributed by atoms with Crippen molar-refractivity contribution >= 4 is 34.2 Å². The highest BCUT2D eigenvalue weighted by molar-refractivity contribution is 14.1. The van der Waals surface area contributed by atoms with Crippen LogP contribution in [0.2, 0.25) is 5.02 Å². The zero-order chi connectivity index (χ0) is 9.84. The Labute approximate surface area is 96.5 Å². The van der Waals surface area contributed by atoms with Gasteiger partial charge in [0.1, 0.15) is 0 Å². The molecular formula is C9H11ClINO. The molecule has 1 atom stereocenters. The molecule has 13 heavy (non-hydrogen) atoms. The maximum Gasteiger partial charge on any atom is 0.0655 e. The predicted molar refractivity (Wildman–Crippen MR) is 63.0 cm³/mol. The van der Waals surface area contributed by atoms with Crippen LogP contribution in [0.1, 0.15) is 11.6 Å². The molecule has 0 radical (unpaired) electrons. The van der Waals surface area contributed by atoms with Crippen molar-refractivity contribution in [1.82, 2.24) is 0 Å². The number of ether oxygens (including phenoxy) is 1. The summed E-state index contributed by atoms with van der Waals surface area (Å²) < 4.78 is 6.10. The monoisotopic (exact) mass is 311 g/mol. The molecule has 0 amide bonds. The van der Waals surface area contributed by atoms with Gasteiger partial charge in [-0.15, -0.1) is 0 Å². The van der Waals surface area contributed by atoms with E-state index in [9.17, 15) is 0 Å². The normalized spacial score (nSPS) is 12.9. The van der Waals surface area contributed by atoms with Crippen molar-refractivity contribution in [2.45, 2.75) is 6.04 Å². The smallest absolute Gasteiger partial charge is 0.0655 e. The molecule has 0 aliphatic heterocycles. The first-order chi connectivity index (χ1) is 6.15. The molecule has 72 valence electrons. The van der Waals surface area contributed by atoms with Gasteiger partial charge in [-0.05, 0) is 46.4 Å². The molecule has 1 aromatic rings. The van der Waals surface area contributed by atoms with Crippen LogP contribution in [0, 0.1) is 3.57 Å². The van der Waals surface area contributed by atoms with E-state index in [1.54, 1.807) is 7.11 Å². The van der Waals surface area contributed by atoms with E-state index in [4.69, 9.17) is 22.1 Å². The van der Waals surface area contributed by atoms with E-state index in [1.165, 1.54) is 0 Å². The summed E-state index contributed by atoms with van der Waals surface area (Å²) in [5, 5.41) is 0.710. The maximum atomic E-state index is 5.89. The molecule has 0 aromatic heterocycles. The van der Waals surface area contributed by atoms with Crippen LogP contribution in [0.15, 0.2) is 18.2 Å². The Hall–Kier alpha value is 0.160. The number of halogens is 2. The fraction of sp³-hybridized carbons (Fsp3) is 0.333. The number of methoxy groups -OCH3 is 1. The molecule has 0 aliphatic carbocycles. The summed E-state index contributed by atoms with van der Waals surface area (Å²) in [4.78, 5) is 0. The van der Waals surface area contributed by atoms with Crippen LogP contribution in [-0.2, 0) is 4.74 Å². The van der Waals surface area contributed by atoms with E-state index >= 15 is 0 Å². The van der Waals surface area contributed by atoms with E-state index in [0.29, 0.717) is 11.6 Å². The third kappa shape index (κ3) is 3.09. The van der Waals surface area contributed by atoms with E-state index < -0.39 is 0 Å². The standard InChI is InChI=1S/C9H11ClINO/c1-13-5-9(12)7-4-6(10)2-3-8(7)11/h2-4,9H,5,12H2,1H3. The third-order valence-corrected chi connectivity index (χ3v) is 2.92. The summed E-state index contributed by atoms with van der Waals surface area (Å²) >= 11 is 8.10. The van der Waals surface area contributed by atoms with Gasteiger partial charge in [-0.1, -0.05) is 11.6 Å². The highest BCUT2D eigenvalue weighted by Gasteiger charge is 2.09. The minimum atomic E-state index is -0.101. The van der Waals surface area contributed by atoms with Crippen molar-refractivity contribution in [2.75, 3.05) is 13.7 Å². The average molecular weight is 312 g/mol. The van der Waals surface area contributed by atoms with Gasteiger partial charge in [0.2, 0.25) is 0 Å². The zero-order valence-corrected chi connectivity index (χ0v) is 10.2. The number of benzene rings is 1. The second-order valence-electron chi connectivity index (χ2n) is 2.73. The number of rotatable bonds is 3. The SMILES string of the molecule is COCC(N)c1cc(Cl)ccc1I. The minimum absolute atomic E-state index is 0.101. The Bertz CT molecular complexity index is 293. The van der Waals surface area contributed by atoms with Crippen molar-refractivity contribution in [1.29, 1.82) is 0 Å². The quantitative estimate of drug-likeness (QED) is 0.871. The lowest BCUT2D eigenvalue weighted by molar-refractivity contribution is 0.180. The predicted octanol–water partition coefficient (Wildman–Crippen LogP) is 2.59. The summed E-state index contributed by atoms with van der Waals surface area (Å²) in [5.74, 6) is 0. The van der Waals surface area contributed by atoms with Gasteiger partial charge in [-0.25, -0.2) is 0 Å². The van der Waals surface area contributed by atoms with Crippen molar-refractivity contribution in [3.63, 3.8) is 0 Å². The molecule has 0 fully saturated rings. The largest absolute Gasteiger partial charge is 0.383 e. The Kier molecular flexibility index (Phi) is 4.45. The van der Waals surface area contributed by atoms with Gasteiger partial charge in [0, 0.05) is 15.7 Å². The van der Waals surface area contributed by atoms with Crippen LogP contribution in [-0.4, -0.2) is 13.7 Å². The topological polar surface area (TPSA) is 35.2 Å². The van der Waals surface area contributed by atoms with Crippen LogP contribution in [0.3, 0.4) is 0 Å². The molecule has 4 heteroatoms. The number of nitrogens with two attached hydrogens (primary N) is 1. The zero-order valence-electron chi connectivity index (χ0n) is 7.26. The fourth-order valence-corrected chi connectivity index (χ4v) is 1.98.